The SMILES string of the molecule is CCCNC(C)(CCCN(C)CC1CCC1)C(=O)OC. The summed E-state index contributed by atoms with van der Waals surface area (Å²) in [5.41, 5.74) is -0.540. The Balaban J connectivity index is 2.31. The Morgan fingerprint density at radius 1 is 1.45 bits per heavy atom. The van der Waals surface area contributed by atoms with Gasteiger partial charge in [0.15, 0.2) is 0 Å². The van der Waals surface area contributed by atoms with E-state index in [-0.39, 0.29) is 5.97 Å². The van der Waals surface area contributed by atoms with E-state index in [4.69, 9.17) is 4.74 Å². The van der Waals surface area contributed by atoms with Crippen LogP contribution in [0.1, 0.15) is 52.4 Å². The van der Waals surface area contributed by atoms with Crippen molar-refractivity contribution >= 4 is 5.97 Å². The van der Waals surface area contributed by atoms with Crippen LogP contribution in [-0.2, 0) is 9.53 Å². The van der Waals surface area contributed by atoms with Crippen LogP contribution in [0.4, 0.5) is 0 Å². The third kappa shape index (κ3) is 5.41. The van der Waals surface area contributed by atoms with Crippen molar-refractivity contribution in [2.75, 3.05) is 33.8 Å². The van der Waals surface area contributed by atoms with Gasteiger partial charge >= 0.3 is 5.97 Å². The molecule has 1 aliphatic rings. The highest BCUT2D eigenvalue weighted by Gasteiger charge is 2.33. The number of nitrogens with zero attached hydrogens (tertiary/aromatic N) is 1. The molecule has 118 valence electrons. The number of hydrogen-bond acceptors (Lipinski definition) is 4. The van der Waals surface area contributed by atoms with Gasteiger partial charge in [-0.05, 0) is 65.1 Å². The summed E-state index contributed by atoms with van der Waals surface area (Å²) < 4.78 is 4.95. The van der Waals surface area contributed by atoms with Crippen LogP contribution in [0.3, 0.4) is 0 Å². The Bertz CT molecular complexity index is 292. The Morgan fingerprint density at radius 3 is 2.65 bits per heavy atom. The maximum Gasteiger partial charge on any atom is 0.325 e. The first-order chi connectivity index (χ1) is 9.51. The van der Waals surface area contributed by atoms with Crippen LogP contribution < -0.4 is 5.32 Å². The molecule has 0 heterocycles. The molecule has 1 saturated carbocycles. The molecule has 20 heavy (non-hydrogen) atoms. The van der Waals surface area contributed by atoms with E-state index in [0.29, 0.717) is 0 Å². The molecule has 4 heteroatoms. The van der Waals surface area contributed by atoms with Crippen LogP contribution in [0.25, 0.3) is 0 Å². The second-order valence-electron chi connectivity index (χ2n) is 6.41. The molecule has 0 amide bonds. The number of methoxy groups -OCH3 is 1. The van der Waals surface area contributed by atoms with E-state index >= 15 is 0 Å². The van der Waals surface area contributed by atoms with Gasteiger partial charge in [-0.3, -0.25) is 4.79 Å². The van der Waals surface area contributed by atoms with Crippen molar-refractivity contribution in [1.29, 1.82) is 0 Å². The molecule has 0 spiro atoms. The predicted molar refractivity (Wildman–Crippen MR) is 82.8 cm³/mol. The van der Waals surface area contributed by atoms with Crippen LogP contribution in [0, 0.1) is 5.92 Å². The number of ether oxygens (including phenoxy) is 1. The first kappa shape index (κ1) is 17.4. The van der Waals surface area contributed by atoms with E-state index in [1.807, 2.05) is 6.92 Å². The lowest BCUT2D eigenvalue weighted by Crippen LogP contribution is -2.50. The van der Waals surface area contributed by atoms with Crippen molar-refractivity contribution in [2.45, 2.75) is 57.9 Å². The number of rotatable bonds is 10. The maximum atomic E-state index is 12.0. The summed E-state index contributed by atoms with van der Waals surface area (Å²) >= 11 is 0. The molecule has 0 aromatic rings. The average Bonchev–Trinajstić information content (AvgIpc) is 2.39. The summed E-state index contributed by atoms with van der Waals surface area (Å²) in [7, 11) is 3.66. The van der Waals surface area contributed by atoms with Gasteiger partial charge in [0.1, 0.15) is 5.54 Å². The van der Waals surface area contributed by atoms with Gasteiger partial charge in [-0.25, -0.2) is 0 Å². The van der Waals surface area contributed by atoms with Crippen LogP contribution >= 0.6 is 0 Å². The lowest BCUT2D eigenvalue weighted by molar-refractivity contribution is -0.148. The highest BCUT2D eigenvalue weighted by molar-refractivity contribution is 5.80. The fourth-order valence-corrected chi connectivity index (χ4v) is 2.80. The molecule has 1 N–H and O–H groups in total. The predicted octanol–water partition coefficient (Wildman–Crippen LogP) is 2.43. The highest BCUT2D eigenvalue weighted by Crippen LogP contribution is 2.26. The van der Waals surface area contributed by atoms with Gasteiger partial charge < -0.3 is 15.0 Å². The minimum atomic E-state index is -0.540. The van der Waals surface area contributed by atoms with E-state index in [2.05, 4.69) is 24.2 Å². The monoisotopic (exact) mass is 284 g/mol. The molecular weight excluding hydrogens is 252 g/mol. The molecule has 0 bridgehead atoms. The summed E-state index contributed by atoms with van der Waals surface area (Å²) in [6, 6.07) is 0. The molecule has 1 aliphatic carbocycles. The summed E-state index contributed by atoms with van der Waals surface area (Å²) in [4.78, 5) is 14.4. The van der Waals surface area contributed by atoms with Gasteiger partial charge in [-0.2, -0.15) is 0 Å². The van der Waals surface area contributed by atoms with Gasteiger partial charge in [0.25, 0.3) is 0 Å². The fraction of sp³-hybridized carbons (Fsp3) is 0.938. The number of carbonyl (C=O) groups excluding carboxylic acids is 1. The van der Waals surface area contributed by atoms with Gasteiger partial charge in [-0.15, -0.1) is 0 Å². The first-order valence-electron chi connectivity index (χ1n) is 8.04. The number of nitrogens with one attached hydrogen (secondary N) is 1. The molecule has 4 nitrogen and oxygen atoms in total. The van der Waals surface area contributed by atoms with Crippen molar-refractivity contribution in [3.8, 4) is 0 Å². The quantitative estimate of drug-likeness (QED) is 0.626. The normalized spacial score (nSPS) is 18.6. The maximum absolute atomic E-state index is 12.0. The van der Waals surface area contributed by atoms with Gasteiger partial charge in [0.2, 0.25) is 0 Å². The van der Waals surface area contributed by atoms with Crippen molar-refractivity contribution in [1.82, 2.24) is 10.2 Å². The first-order valence-corrected chi connectivity index (χ1v) is 8.04. The topological polar surface area (TPSA) is 41.6 Å². The Hall–Kier alpha value is -0.610. The largest absolute Gasteiger partial charge is 0.468 e. The smallest absolute Gasteiger partial charge is 0.325 e. The number of esters is 1. The molecule has 0 aromatic carbocycles. The number of carbonyl (C=O) groups is 1. The Morgan fingerprint density at radius 2 is 2.15 bits per heavy atom. The van der Waals surface area contributed by atoms with E-state index < -0.39 is 5.54 Å². The fourth-order valence-electron chi connectivity index (χ4n) is 2.80. The van der Waals surface area contributed by atoms with Crippen molar-refractivity contribution in [2.24, 2.45) is 5.92 Å². The molecule has 1 rings (SSSR count). The lowest BCUT2D eigenvalue weighted by atomic mass is 9.85. The zero-order chi connectivity index (χ0) is 15.0. The zero-order valence-electron chi connectivity index (χ0n) is 13.7. The van der Waals surface area contributed by atoms with Gasteiger partial charge in [0.05, 0.1) is 7.11 Å². The van der Waals surface area contributed by atoms with Crippen LogP contribution in [-0.4, -0.2) is 50.2 Å². The molecule has 0 aromatic heterocycles. The third-order valence-electron chi connectivity index (χ3n) is 4.41. The zero-order valence-corrected chi connectivity index (χ0v) is 13.7. The van der Waals surface area contributed by atoms with Crippen molar-refractivity contribution in [3.05, 3.63) is 0 Å². The molecule has 1 fully saturated rings. The highest BCUT2D eigenvalue weighted by atomic mass is 16.5. The standard InChI is InChI=1S/C16H32N2O2/c1-5-11-17-16(2,15(19)20-4)10-7-12-18(3)13-14-8-6-9-14/h14,17H,5-13H2,1-4H3. The second kappa shape index (κ2) is 8.63. The molecule has 1 atom stereocenters. The van der Waals surface area contributed by atoms with Gasteiger partial charge in [0, 0.05) is 6.54 Å². The van der Waals surface area contributed by atoms with Crippen molar-refractivity contribution < 1.29 is 9.53 Å². The Labute approximate surface area is 124 Å². The molecule has 0 radical (unpaired) electrons. The molecule has 0 saturated heterocycles. The summed E-state index contributed by atoms with van der Waals surface area (Å²) in [5, 5.41) is 3.34. The van der Waals surface area contributed by atoms with Crippen LogP contribution in [0.15, 0.2) is 0 Å². The lowest BCUT2D eigenvalue weighted by Gasteiger charge is -2.31. The summed E-state index contributed by atoms with van der Waals surface area (Å²) in [6.07, 6.45) is 7.05. The van der Waals surface area contributed by atoms with E-state index in [9.17, 15) is 4.79 Å². The minimum absolute atomic E-state index is 0.146. The summed E-state index contributed by atoms with van der Waals surface area (Å²) in [6.45, 7) is 7.18. The third-order valence-corrected chi connectivity index (χ3v) is 4.41. The average molecular weight is 284 g/mol. The second-order valence-corrected chi connectivity index (χ2v) is 6.41. The Kier molecular flexibility index (Phi) is 7.52. The molecular formula is C16H32N2O2. The van der Waals surface area contributed by atoms with E-state index in [0.717, 1.165) is 38.3 Å². The van der Waals surface area contributed by atoms with Crippen LogP contribution in [0.2, 0.25) is 0 Å². The van der Waals surface area contributed by atoms with Crippen molar-refractivity contribution in [3.63, 3.8) is 0 Å². The molecule has 0 aliphatic heterocycles. The van der Waals surface area contributed by atoms with Gasteiger partial charge in [-0.1, -0.05) is 13.3 Å². The molecule has 1 unspecified atom stereocenters. The van der Waals surface area contributed by atoms with E-state index in [1.165, 1.54) is 32.9 Å². The summed E-state index contributed by atoms with van der Waals surface area (Å²) in [5.74, 6) is 0.762. The van der Waals surface area contributed by atoms with E-state index in [1.54, 1.807) is 0 Å². The minimum Gasteiger partial charge on any atom is -0.468 e. The van der Waals surface area contributed by atoms with Crippen LogP contribution in [0.5, 0.6) is 0 Å². The number of hydrogen-bond donors (Lipinski definition) is 1.